The number of hydrogen-bond donors (Lipinski definition) is 1. The van der Waals surface area contributed by atoms with Crippen LogP contribution in [0.5, 0.6) is 0 Å². The molecule has 106 valence electrons. The molecule has 1 N–H and O–H groups in total. The molecule has 1 atom stereocenters. The molecule has 0 aliphatic carbocycles. The fraction of sp³-hybridized carbons (Fsp3) is 0.267. The van der Waals surface area contributed by atoms with E-state index in [1.807, 2.05) is 43.3 Å². The molecule has 0 bridgehead atoms. The number of carbonyl (C=O) groups excluding carboxylic acids is 1. The summed E-state index contributed by atoms with van der Waals surface area (Å²) in [5, 5.41) is 3.32. The summed E-state index contributed by atoms with van der Waals surface area (Å²) in [6, 6.07) is 11.2. The van der Waals surface area contributed by atoms with Crippen molar-refractivity contribution in [1.82, 2.24) is 4.90 Å². The maximum atomic E-state index is 11.9. The van der Waals surface area contributed by atoms with Crippen molar-refractivity contribution < 1.29 is 9.21 Å². The summed E-state index contributed by atoms with van der Waals surface area (Å²) in [5.74, 6) is 0.822. The standard InChI is InChI=1S/C15H17BrN2O2/c1-10(13-7-8-14(16)20-13)17-12-6-4-5-11(9-12)15(19)18(2)3/h4-10,17H,1-3H3. The van der Waals surface area contributed by atoms with E-state index in [1.165, 1.54) is 0 Å². The molecule has 0 aliphatic heterocycles. The lowest BCUT2D eigenvalue weighted by Crippen LogP contribution is -2.21. The van der Waals surface area contributed by atoms with Gasteiger partial charge in [-0.15, -0.1) is 0 Å². The summed E-state index contributed by atoms with van der Waals surface area (Å²) >= 11 is 3.29. The van der Waals surface area contributed by atoms with Gasteiger partial charge < -0.3 is 14.6 Å². The number of benzene rings is 1. The number of nitrogens with one attached hydrogen (secondary N) is 1. The highest BCUT2D eigenvalue weighted by atomic mass is 79.9. The molecule has 5 heteroatoms. The topological polar surface area (TPSA) is 45.5 Å². The largest absolute Gasteiger partial charge is 0.452 e. The quantitative estimate of drug-likeness (QED) is 0.920. The van der Waals surface area contributed by atoms with Crippen LogP contribution in [0, 0.1) is 0 Å². The number of amides is 1. The van der Waals surface area contributed by atoms with E-state index in [4.69, 9.17) is 4.42 Å². The van der Waals surface area contributed by atoms with E-state index in [0.29, 0.717) is 10.2 Å². The molecule has 4 nitrogen and oxygen atoms in total. The molecule has 2 rings (SSSR count). The van der Waals surface area contributed by atoms with Crippen LogP contribution in [0.2, 0.25) is 0 Å². The number of furan rings is 1. The lowest BCUT2D eigenvalue weighted by atomic mass is 10.1. The SMILES string of the molecule is CC(Nc1cccc(C(=O)N(C)C)c1)c1ccc(Br)o1. The van der Waals surface area contributed by atoms with Gasteiger partial charge in [-0.05, 0) is 53.2 Å². The van der Waals surface area contributed by atoms with Gasteiger partial charge in [-0.3, -0.25) is 4.79 Å². The van der Waals surface area contributed by atoms with Crippen molar-refractivity contribution in [2.24, 2.45) is 0 Å². The third kappa shape index (κ3) is 3.42. The van der Waals surface area contributed by atoms with E-state index >= 15 is 0 Å². The Kier molecular flexibility index (Phi) is 4.49. The molecule has 0 saturated heterocycles. The van der Waals surface area contributed by atoms with E-state index < -0.39 is 0 Å². The van der Waals surface area contributed by atoms with Gasteiger partial charge in [-0.2, -0.15) is 0 Å². The van der Waals surface area contributed by atoms with Crippen LogP contribution < -0.4 is 5.32 Å². The van der Waals surface area contributed by atoms with Crippen molar-refractivity contribution in [1.29, 1.82) is 0 Å². The molecule has 0 saturated carbocycles. The van der Waals surface area contributed by atoms with Gasteiger partial charge in [0.15, 0.2) is 4.67 Å². The zero-order chi connectivity index (χ0) is 14.7. The number of rotatable bonds is 4. The first kappa shape index (κ1) is 14.7. The monoisotopic (exact) mass is 336 g/mol. The van der Waals surface area contributed by atoms with Crippen molar-refractivity contribution in [3.8, 4) is 0 Å². The number of anilines is 1. The van der Waals surface area contributed by atoms with Crippen LogP contribution in [0.4, 0.5) is 5.69 Å². The van der Waals surface area contributed by atoms with Gasteiger partial charge in [0.25, 0.3) is 5.91 Å². The molecule has 2 aromatic rings. The van der Waals surface area contributed by atoms with Crippen LogP contribution in [-0.2, 0) is 0 Å². The molecule has 20 heavy (non-hydrogen) atoms. The van der Waals surface area contributed by atoms with Crippen LogP contribution >= 0.6 is 15.9 Å². The average Bonchev–Trinajstić information content (AvgIpc) is 2.85. The first-order valence-electron chi connectivity index (χ1n) is 6.31. The summed E-state index contributed by atoms with van der Waals surface area (Å²) in [4.78, 5) is 13.5. The molecule has 1 aromatic carbocycles. The molecule has 1 heterocycles. The lowest BCUT2D eigenvalue weighted by Gasteiger charge is -2.15. The lowest BCUT2D eigenvalue weighted by molar-refractivity contribution is 0.0827. The summed E-state index contributed by atoms with van der Waals surface area (Å²) in [7, 11) is 3.48. The van der Waals surface area contributed by atoms with Crippen molar-refractivity contribution >= 4 is 27.5 Å². The first-order valence-corrected chi connectivity index (χ1v) is 7.10. The zero-order valence-corrected chi connectivity index (χ0v) is 13.3. The van der Waals surface area contributed by atoms with Gasteiger partial charge in [0.2, 0.25) is 0 Å². The predicted octanol–water partition coefficient (Wildman–Crippen LogP) is 3.92. The minimum Gasteiger partial charge on any atom is -0.452 e. The van der Waals surface area contributed by atoms with Crippen LogP contribution in [-0.4, -0.2) is 24.9 Å². The molecular weight excluding hydrogens is 320 g/mol. The Morgan fingerprint density at radius 2 is 2.05 bits per heavy atom. The second-order valence-corrected chi connectivity index (χ2v) is 5.57. The van der Waals surface area contributed by atoms with E-state index in [2.05, 4.69) is 21.2 Å². The molecule has 0 spiro atoms. The molecule has 0 fully saturated rings. The number of hydrogen-bond acceptors (Lipinski definition) is 3. The van der Waals surface area contributed by atoms with Crippen LogP contribution in [0.1, 0.15) is 29.1 Å². The van der Waals surface area contributed by atoms with Crippen LogP contribution in [0.15, 0.2) is 45.5 Å². The normalized spacial score (nSPS) is 12.0. The Balaban J connectivity index is 2.14. The second-order valence-electron chi connectivity index (χ2n) is 4.79. The highest BCUT2D eigenvalue weighted by molar-refractivity contribution is 9.10. The maximum absolute atomic E-state index is 11.9. The zero-order valence-electron chi connectivity index (χ0n) is 11.7. The minimum atomic E-state index is -0.0120. The van der Waals surface area contributed by atoms with Crippen molar-refractivity contribution in [2.45, 2.75) is 13.0 Å². The Hall–Kier alpha value is -1.75. The summed E-state index contributed by atoms with van der Waals surface area (Å²) in [6.45, 7) is 2.01. The van der Waals surface area contributed by atoms with Gasteiger partial charge in [0.1, 0.15) is 5.76 Å². The van der Waals surface area contributed by atoms with E-state index in [1.54, 1.807) is 19.0 Å². The van der Waals surface area contributed by atoms with Gasteiger partial charge >= 0.3 is 0 Å². The highest BCUT2D eigenvalue weighted by Gasteiger charge is 2.12. The smallest absolute Gasteiger partial charge is 0.253 e. The fourth-order valence-corrected chi connectivity index (χ4v) is 2.20. The van der Waals surface area contributed by atoms with Gasteiger partial charge in [-0.1, -0.05) is 6.07 Å². The van der Waals surface area contributed by atoms with E-state index in [0.717, 1.165) is 11.4 Å². The molecule has 1 unspecified atom stereocenters. The molecular formula is C15H17BrN2O2. The van der Waals surface area contributed by atoms with Gasteiger partial charge in [0, 0.05) is 25.3 Å². The minimum absolute atomic E-state index is 0.0120. The van der Waals surface area contributed by atoms with Gasteiger partial charge in [0.05, 0.1) is 6.04 Å². The number of carbonyl (C=O) groups is 1. The maximum Gasteiger partial charge on any atom is 0.253 e. The predicted molar refractivity (Wildman–Crippen MR) is 82.9 cm³/mol. The first-order chi connectivity index (χ1) is 9.47. The number of halogens is 1. The molecule has 0 aliphatic rings. The van der Waals surface area contributed by atoms with Crippen molar-refractivity contribution in [3.05, 3.63) is 52.4 Å². The highest BCUT2D eigenvalue weighted by Crippen LogP contribution is 2.24. The van der Waals surface area contributed by atoms with Crippen molar-refractivity contribution in [2.75, 3.05) is 19.4 Å². The third-order valence-electron chi connectivity index (χ3n) is 2.92. The second kappa shape index (κ2) is 6.13. The van der Waals surface area contributed by atoms with Crippen molar-refractivity contribution in [3.63, 3.8) is 0 Å². The Morgan fingerprint density at radius 1 is 1.30 bits per heavy atom. The molecule has 0 radical (unpaired) electrons. The van der Waals surface area contributed by atoms with E-state index in [-0.39, 0.29) is 11.9 Å². The summed E-state index contributed by atoms with van der Waals surface area (Å²) in [5.41, 5.74) is 1.55. The average molecular weight is 337 g/mol. The van der Waals surface area contributed by atoms with Crippen LogP contribution in [0.25, 0.3) is 0 Å². The number of nitrogens with zero attached hydrogens (tertiary/aromatic N) is 1. The summed E-state index contributed by atoms with van der Waals surface area (Å²) in [6.07, 6.45) is 0. The molecule has 1 aromatic heterocycles. The summed E-state index contributed by atoms with van der Waals surface area (Å²) < 4.78 is 6.22. The Morgan fingerprint density at radius 3 is 2.65 bits per heavy atom. The Labute approximate surface area is 126 Å². The molecule has 1 amide bonds. The van der Waals surface area contributed by atoms with Gasteiger partial charge in [-0.25, -0.2) is 0 Å². The third-order valence-corrected chi connectivity index (χ3v) is 3.35. The Bertz CT molecular complexity index is 607. The fourth-order valence-electron chi connectivity index (χ4n) is 1.88. The van der Waals surface area contributed by atoms with Crippen LogP contribution in [0.3, 0.4) is 0 Å². The van der Waals surface area contributed by atoms with E-state index in [9.17, 15) is 4.79 Å².